The molecular formula is C8H7NO5. The van der Waals surface area contributed by atoms with E-state index in [9.17, 15) is 9.59 Å². The fourth-order valence-electron chi connectivity index (χ4n) is 0.563. The second kappa shape index (κ2) is 4.18. The summed E-state index contributed by atoms with van der Waals surface area (Å²) in [5.41, 5.74) is -1.59. The molecule has 1 rings (SSSR count). The van der Waals surface area contributed by atoms with E-state index in [2.05, 4.69) is 15.0 Å². The summed E-state index contributed by atoms with van der Waals surface area (Å²) in [6, 6.07) is 0. The average Bonchev–Trinajstić information content (AvgIpc) is 2.46. The number of allylic oxidation sites excluding steroid dienone is 1. The van der Waals surface area contributed by atoms with Gasteiger partial charge in [-0.05, 0) is 18.6 Å². The van der Waals surface area contributed by atoms with Crippen LogP contribution in [0.3, 0.4) is 0 Å². The summed E-state index contributed by atoms with van der Waals surface area (Å²) in [7, 11) is 0. The Morgan fingerprint density at radius 1 is 1.57 bits per heavy atom. The van der Waals surface area contributed by atoms with E-state index in [0.717, 1.165) is 0 Å². The zero-order valence-corrected chi connectivity index (χ0v) is 7.35. The maximum Gasteiger partial charge on any atom is 0.449 e. The van der Waals surface area contributed by atoms with E-state index in [1.165, 1.54) is 0 Å². The van der Waals surface area contributed by atoms with Gasteiger partial charge in [-0.2, -0.15) is 0 Å². The molecule has 0 N–H and O–H groups in total. The van der Waals surface area contributed by atoms with Crippen LogP contribution < -0.4 is 16.1 Å². The van der Waals surface area contributed by atoms with E-state index in [-0.39, 0.29) is 6.61 Å². The molecule has 0 aromatic carbocycles. The van der Waals surface area contributed by atoms with Gasteiger partial charge < -0.3 is 4.84 Å². The molecule has 0 aliphatic rings. The Morgan fingerprint density at radius 3 is 2.64 bits per heavy atom. The maximum atomic E-state index is 10.5. The van der Waals surface area contributed by atoms with Crippen LogP contribution in [0.4, 0.5) is 0 Å². The number of terminal acetylenes is 1. The average molecular weight is 197 g/mol. The minimum atomic E-state index is -1.12. The van der Waals surface area contributed by atoms with Gasteiger partial charge >= 0.3 is 11.3 Å². The van der Waals surface area contributed by atoms with Gasteiger partial charge in [0.15, 0.2) is 0 Å². The highest BCUT2D eigenvalue weighted by Crippen LogP contribution is 1.86. The lowest BCUT2D eigenvalue weighted by Gasteiger charge is -1.95. The van der Waals surface area contributed by atoms with Gasteiger partial charge in [-0.1, -0.05) is 5.92 Å². The van der Waals surface area contributed by atoms with E-state index in [1.54, 1.807) is 13.0 Å². The van der Waals surface area contributed by atoms with E-state index in [0.29, 0.717) is 10.6 Å². The first-order valence-corrected chi connectivity index (χ1v) is 3.64. The SMILES string of the molecule is C#C/C(C)=C/COn1oc(=O)c(=O)o1. The normalized spacial score (nSPS) is 11.0. The van der Waals surface area contributed by atoms with Crippen LogP contribution in [0.15, 0.2) is 30.3 Å². The third-order valence-corrected chi connectivity index (χ3v) is 1.28. The summed E-state index contributed by atoms with van der Waals surface area (Å²) < 4.78 is 8.42. The number of nitrogens with zero attached hydrogens (tertiary/aromatic N) is 1. The van der Waals surface area contributed by atoms with Crippen molar-refractivity contribution in [1.29, 1.82) is 0 Å². The van der Waals surface area contributed by atoms with E-state index in [4.69, 9.17) is 11.3 Å². The zero-order chi connectivity index (χ0) is 10.6. The van der Waals surface area contributed by atoms with Crippen molar-refractivity contribution in [2.75, 3.05) is 6.61 Å². The summed E-state index contributed by atoms with van der Waals surface area (Å²) in [6.45, 7) is 1.74. The van der Waals surface area contributed by atoms with Crippen molar-refractivity contribution in [1.82, 2.24) is 5.08 Å². The third kappa shape index (κ3) is 2.42. The number of aromatic nitrogens is 1. The molecule has 0 amide bonds. The lowest BCUT2D eigenvalue weighted by Crippen LogP contribution is -2.14. The van der Waals surface area contributed by atoms with Gasteiger partial charge in [-0.3, -0.25) is 9.05 Å². The van der Waals surface area contributed by atoms with Crippen LogP contribution in [-0.4, -0.2) is 11.7 Å². The summed E-state index contributed by atoms with van der Waals surface area (Å²) in [6.07, 6.45) is 6.61. The fraction of sp³-hybridized carbons (Fsp3) is 0.250. The Kier molecular flexibility index (Phi) is 2.97. The second-order valence-corrected chi connectivity index (χ2v) is 2.31. The highest BCUT2D eigenvalue weighted by molar-refractivity contribution is 5.22. The smallest absolute Gasteiger partial charge is 0.353 e. The van der Waals surface area contributed by atoms with Crippen molar-refractivity contribution >= 4 is 0 Å². The monoisotopic (exact) mass is 197 g/mol. The highest BCUT2D eigenvalue weighted by Gasteiger charge is 2.03. The third-order valence-electron chi connectivity index (χ3n) is 1.28. The van der Waals surface area contributed by atoms with Crippen molar-refractivity contribution in [3.8, 4) is 12.3 Å². The molecule has 6 heteroatoms. The minimum absolute atomic E-state index is 0.0383. The molecule has 1 aromatic rings. The molecule has 0 saturated carbocycles. The molecule has 14 heavy (non-hydrogen) atoms. The lowest BCUT2D eigenvalue weighted by atomic mass is 10.3. The molecule has 1 aromatic heterocycles. The molecule has 0 bridgehead atoms. The molecule has 0 aliphatic carbocycles. The minimum Gasteiger partial charge on any atom is -0.353 e. The molecule has 1 heterocycles. The highest BCUT2D eigenvalue weighted by atomic mass is 17.0. The van der Waals surface area contributed by atoms with Crippen LogP contribution in [-0.2, 0) is 0 Å². The van der Waals surface area contributed by atoms with Gasteiger partial charge in [0.25, 0.3) is 0 Å². The zero-order valence-electron chi connectivity index (χ0n) is 7.35. The van der Waals surface area contributed by atoms with Gasteiger partial charge in [-0.25, -0.2) is 9.59 Å². The first-order valence-electron chi connectivity index (χ1n) is 3.64. The van der Waals surface area contributed by atoms with Crippen LogP contribution in [0.25, 0.3) is 0 Å². The molecule has 0 atom stereocenters. The summed E-state index contributed by atoms with van der Waals surface area (Å²) in [5, 5.41) is 0.338. The molecule has 0 unspecified atom stereocenters. The van der Waals surface area contributed by atoms with Gasteiger partial charge in [0.1, 0.15) is 11.7 Å². The quantitative estimate of drug-likeness (QED) is 0.478. The van der Waals surface area contributed by atoms with E-state index >= 15 is 0 Å². The first-order chi connectivity index (χ1) is 6.63. The molecule has 0 saturated heterocycles. The van der Waals surface area contributed by atoms with Crippen LogP contribution in [0.5, 0.6) is 0 Å². The number of hydrogen-bond donors (Lipinski definition) is 0. The van der Waals surface area contributed by atoms with Crippen LogP contribution in [0.2, 0.25) is 0 Å². The van der Waals surface area contributed by atoms with Crippen LogP contribution >= 0.6 is 0 Å². The molecule has 74 valence electrons. The predicted molar refractivity (Wildman–Crippen MR) is 45.5 cm³/mol. The molecule has 0 radical (unpaired) electrons. The summed E-state index contributed by atoms with van der Waals surface area (Å²) >= 11 is 0. The Balaban J connectivity index is 2.60. The molecular weight excluding hydrogens is 190 g/mol. The molecule has 0 spiro atoms. The standard InChI is InChI=1S/C8H7NO5/c1-3-6(2)4-5-12-9-13-7(10)8(11)14-9/h1,4H,5H2,2H3/b6-4+. The lowest BCUT2D eigenvalue weighted by molar-refractivity contribution is -0.137. The van der Waals surface area contributed by atoms with Crippen molar-refractivity contribution in [3.63, 3.8) is 0 Å². The van der Waals surface area contributed by atoms with Crippen molar-refractivity contribution < 1.29 is 13.9 Å². The second-order valence-electron chi connectivity index (χ2n) is 2.31. The van der Waals surface area contributed by atoms with Crippen LogP contribution in [0.1, 0.15) is 6.92 Å². The van der Waals surface area contributed by atoms with Gasteiger partial charge in [0.2, 0.25) is 0 Å². The van der Waals surface area contributed by atoms with Crippen molar-refractivity contribution in [2.45, 2.75) is 6.92 Å². The van der Waals surface area contributed by atoms with Gasteiger partial charge in [0, 0.05) is 0 Å². The number of rotatable bonds is 3. The van der Waals surface area contributed by atoms with Crippen molar-refractivity contribution in [2.24, 2.45) is 0 Å². The van der Waals surface area contributed by atoms with Gasteiger partial charge in [-0.15, -0.1) is 6.42 Å². The summed E-state index contributed by atoms with van der Waals surface area (Å²) in [4.78, 5) is 25.6. The van der Waals surface area contributed by atoms with Crippen LogP contribution in [0, 0.1) is 12.3 Å². The fourth-order valence-corrected chi connectivity index (χ4v) is 0.563. The molecule has 0 aliphatic heterocycles. The Bertz CT molecular complexity index is 453. The molecule has 6 nitrogen and oxygen atoms in total. The number of hydrogen-bond acceptors (Lipinski definition) is 5. The largest absolute Gasteiger partial charge is 0.449 e. The Labute approximate surface area is 78.3 Å². The summed E-state index contributed by atoms with van der Waals surface area (Å²) in [5.74, 6) is 2.35. The van der Waals surface area contributed by atoms with E-state index < -0.39 is 11.3 Å². The Morgan fingerprint density at radius 2 is 2.14 bits per heavy atom. The maximum absolute atomic E-state index is 10.5. The van der Waals surface area contributed by atoms with E-state index in [1.807, 2.05) is 0 Å². The van der Waals surface area contributed by atoms with Crippen molar-refractivity contribution in [3.05, 3.63) is 32.5 Å². The Hall–Kier alpha value is -2.16. The topological polar surface area (TPSA) is 74.6 Å². The van der Waals surface area contributed by atoms with Gasteiger partial charge in [0.05, 0.1) is 0 Å². The predicted octanol–water partition coefficient (Wildman–Crippen LogP) is -0.597. The first kappa shape index (κ1) is 9.92. The molecule has 0 fully saturated rings.